The summed E-state index contributed by atoms with van der Waals surface area (Å²) in [5.74, 6) is 0.168. The van der Waals surface area contributed by atoms with E-state index in [4.69, 9.17) is 4.42 Å². The first-order valence-electron chi connectivity index (χ1n) is 5.25. The van der Waals surface area contributed by atoms with Gasteiger partial charge in [0, 0.05) is 25.2 Å². The molecular formula is C11H16N2O2. The minimum absolute atomic E-state index is 0.168. The van der Waals surface area contributed by atoms with E-state index in [1.165, 1.54) is 0 Å². The normalized spacial score (nSPS) is 15.3. The Morgan fingerprint density at radius 1 is 1.67 bits per heavy atom. The van der Waals surface area contributed by atoms with Crippen LogP contribution in [0.1, 0.15) is 18.4 Å². The highest BCUT2D eigenvalue weighted by molar-refractivity contribution is 5.78. The SMILES string of the molecule is CN(C(=O)CNCc1ccoc1)C1CC1. The third-order valence-corrected chi connectivity index (χ3v) is 2.67. The first kappa shape index (κ1) is 10.2. The van der Waals surface area contributed by atoms with Crippen LogP contribution in [0.15, 0.2) is 23.0 Å². The van der Waals surface area contributed by atoms with Gasteiger partial charge in [-0.15, -0.1) is 0 Å². The van der Waals surface area contributed by atoms with E-state index < -0.39 is 0 Å². The molecule has 1 aliphatic rings. The van der Waals surface area contributed by atoms with Gasteiger partial charge in [0.15, 0.2) is 0 Å². The zero-order chi connectivity index (χ0) is 10.7. The number of amides is 1. The lowest BCUT2D eigenvalue weighted by atomic mass is 10.3. The van der Waals surface area contributed by atoms with Crippen molar-refractivity contribution in [2.75, 3.05) is 13.6 Å². The second kappa shape index (κ2) is 4.49. The summed E-state index contributed by atoms with van der Waals surface area (Å²) in [6.07, 6.45) is 5.63. The summed E-state index contributed by atoms with van der Waals surface area (Å²) >= 11 is 0. The van der Waals surface area contributed by atoms with Crippen molar-refractivity contribution in [3.05, 3.63) is 24.2 Å². The molecule has 1 N–H and O–H groups in total. The molecule has 4 nitrogen and oxygen atoms in total. The maximum atomic E-state index is 11.6. The van der Waals surface area contributed by atoms with Gasteiger partial charge in [-0.1, -0.05) is 0 Å². The minimum atomic E-state index is 0.168. The fraction of sp³-hybridized carbons (Fsp3) is 0.545. The average Bonchev–Trinajstić information content (AvgIpc) is 2.96. The number of carbonyl (C=O) groups excluding carboxylic acids is 1. The molecule has 1 aromatic rings. The molecule has 4 heteroatoms. The zero-order valence-electron chi connectivity index (χ0n) is 8.90. The minimum Gasteiger partial charge on any atom is -0.472 e. The Morgan fingerprint density at radius 3 is 3.07 bits per heavy atom. The Balaban J connectivity index is 1.67. The molecule has 1 aliphatic carbocycles. The maximum Gasteiger partial charge on any atom is 0.236 e. The number of nitrogens with one attached hydrogen (secondary N) is 1. The van der Waals surface area contributed by atoms with Crippen LogP contribution in [0, 0.1) is 0 Å². The Morgan fingerprint density at radius 2 is 2.47 bits per heavy atom. The van der Waals surface area contributed by atoms with Crippen molar-refractivity contribution in [1.82, 2.24) is 10.2 Å². The van der Waals surface area contributed by atoms with Crippen molar-refractivity contribution in [1.29, 1.82) is 0 Å². The number of hydrogen-bond donors (Lipinski definition) is 1. The highest BCUT2D eigenvalue weighted by Gasteiger charge is 2.28. The first-order valence-corrected chi connectivity index (χ1v) is 5.25. The van der Waals surface area contributed by atoms with E-state index in [9.17, 15) is 4.79 Å². The lowest BCUT2D eigenvalue weighted by Crippen LogP contribution is -2.36. The Hall–Kier alpha value is -1.29. The van der Waals surface area contributed by atoms with Crippen LogP contribution >= 0.6 is 0 Å². The predicted octanol–water partition coefficient (Wildman–Crippen LogP) is 0.990. The van der Waals surface area contributed by atoms with Crippen molar-refractivity contribution in [3.63, 3.8) is 0 Å². The number of hydrogen-bond acceptors (Lipinski definition) is 3. The topological polar surface area (TPSA) is 45.5 Å². The second-order valence-electron chi connectivity index (χ2n) is 3.97. The summed E-state index contributed by atoms with van der Waals surface area (Å²) in [5.41, 5.74) is 1.07. The van der Waals surface area contributed by atoms with Crippen LogP contribution in [0.3, 0.4) is 0 Å². The number of nitrogens with zero attached hydrogens (tertiary/aromatic N) is 1. The second-order valence-corrected chi connectivity index (χ2v) is 3.97. The standard InChI is InChI=1S/C11H16N2O2/c1-13(10-2-3-10)11(14)7-12-6-9-4-5-15-8-9/h4-5,8,10,12H,2-3,6-7H2,1H3. The van der Waals surface area contributed by atoms with Crippen LogP contribution in [-0.4, -0.2) is 30.4 Å². The molecule has 1 aromatic heterocycles. The van der Waals surface area contributed by atoms with Gasteiger partial charge in [-0.2, -0.15) is 0 Å². The summed E-state index contributed by atoms with van der Waals surface area (Å²) in [6, 6.07) is 2.38. The van der Waals surface area contributed by atoms with Gasteiger partial charge >= 0.3 is 0 Å². The maximum absolute atomic E-state index is 11.6. The highest BCUT2D eigenvalue weighted by atomic mass is 16.3. The van der Waals surface area contributed by atoms with Gasteiger partial charge in [0.25, 0.3) is 0 Å². The fourth-order valence-electron chi connectivity index (χ4n) is 1.50. The van der Waals surface area contributed by atoms with E-state index in [2.05, 4.69) is 5.32 Å². The number of carbonyl (C=O) groups is 1. The molecule has 0 atom stereocenters. The number of rotatable bonds is 5. The molecule has 0 radical (unpaired) electrons. The molecule has 0 aliphatic heterocycles. The van der Waals surface area contributed by atoms with Gasteiger partial charge < -0.3 is 14.6 Å². The van der Waals surface area contributed by atoms with E-state index in [1.807, 2.05) is 18.0 Å². The van der Waals surface area contributed by atoms with Gasteiger partial charge in [0.1, 0.15) is 0 Å². The van der Waals surface area contributed by atoms with Gasteiger partial charge in [-0.3, -0.25) is 4.79 Å². The van der Waals surface area contributed by atoms with Crippen molar-refractivity contribution in [2.24, 2.45) is 0 Å². The molecule has 0 saturated heterocycles. The van der Waals surface area contributed by atoms with Crippen molar-refractivity contribution in [2.45, 2.75) is 25.4 Å². The molecule has 1 amide bonds. The summed E-state index contributed by atoms with van der Waals surface area (Å²) < 4.78 is 4.93. The van der Waals surface area contributed by atoms with Crippen molar-refractivity contribution in [3.8, 4) is 0 Å². The van der Waals surface area contributed by atoms with E-state index >= 15 is 0 Å². The molecule has 1 heterocycles. The molecular weight excluding hydrogens is 192 g/mol. The monoisotopic (exact) mass is 208 g/mol. The largest absolute Gasteiger partial charge is 0.472 e. The van der Waals surface area contributed by atoms with E-state index in [-0.39, 0.29) is 5.91 Å². The van der Waals surface area contributed by atoms with Crippen LogP contribution in [-0.2, 0) is 11.3 Å². The molecule has 82 valence electrons. The number of likely N-dealkylation sites (N-methyl/N-ethyl adjacent to an activating group) is 1. The zero-order valence-corrected chi connectivity index (χ0v) is 8.90. The van der Waals surface area contributed by atoms with Crippen LogP contribution < -0.4 is 5.32 Å². The van der Waals surface area contributed by atoms with Gasteiger partial charge in [-0.25, -0.2) is 0 Å². The molecule has 0 spiro atoms. The van der Waals surface area contributed by atoms with E-state index in [0.29, 0.717) is 19.1 Å². The number of furan rings is 1. The molecule has 2 rings (SSSR count). The van der Waals surface area contributed by atoms with Crippen molar-refractivity contribution >= 4 is 5.91 Å². The summed E-state index contributed by atoms with van der Waals surface area (Å²) in [6.45, 7) is 1.08. The van der Waals surface area contributed by atoms with E-state index in [1.54, 1.807) is 12.5 Å². The molecule has 0 aromatic carbocycles. The molecule has 0 unspecified atom stereocenters. The third-order valence-electron chi connectivity index (χ3n) is 2.67. The Bertz CT molecular complexity index is 317. The quantitative estimate of drug-likeness (QED) is 0.785. The van der Waals surface area contributed by atoms with Crippen LogP contribution in [0.2, 0.25) is 0 Å². The Kier molecular flexibility index (Phi) is 3.06. The molecule has 1 fully saturated rings. The third kappa shape index (κ3) is 2.83. The van der Waals surface area contributed by atoms with Crippen LogP contribution in [0.25, 0.3) is 0 Å². The molecule has 0 bridgehead atoms. The molecule has 1 saturated carbocycles. The van der Waals surface area contributed by atoms with Crippen molar-refractivity contribution < 1.29 is 9.21 Å². The van der Waals surface area contributed by atoms with E-state index in [0.717, 1.165) is 18.4 Å². The smallest absolute Gasteiger partial charge is 0.236 e. The summed E-state index contributed by atoms with van der Waals surface area (Å²) in [5, 5.41) is 3.10. The van der Waals surface area contributed by atoms with Gasteiger partial charge in [-0.05, 0) is 18.9 Å². The lowest BCUT2D eigenvalue weighted by molar-refractivity contribution is -0.129. The first-order chi connectivity index (χ1) is 7.27. The van der Waals surface area contributed by atoms with Crippen LogP contribution in [0.5, 0.6) is 0 Å². The highest BCUT2D eigenvalue weighted by Crippen LogP contribution is 2.25. The fourth-order valence-corrected chi connectivity index (χ4v) is 1.50. The Labute approximate surface area is 89.2 Å². The van der Waals surface area contributed by atoms with Crippen LogP contribution in [0.4, 0.5) is 0 Å². The lowest BCUT2D eigenvalue weighted by Gasteiger charge is -2.16. The average molecular weight is 208 g/mol. The summed E-state index contributed by atoms with van der Waals surface area (Å²) in [7, 11) is 1.87. The predicted molar refractivity (Wildman–Crippen MR) is 56.2 cm³/mol. The summed E-state index contributed by atoms with van der Waals surface area (Å²) in [4.78, 5) is 13.4. The van der Waals surface area contributed by atoms with Gasteiger partial charge in [0.2, 0.25) is 5.91 Å². The molecule has 15 heavy (non-hydrogen) atoms. The van der Waals surface area contributed by atoms with Gasteiger partial charge in [0.05, 0.1) is 19.1 Å².